The van der Waals surface area contributed by atoms with Gasteiger partial charge in [0.05, 0.1) is 10.4 Å². The van der Waals surface area contributed by atoms with Crippen LogP contribution < -0.4 is 11.1 Å². The molecule has 0 spiro atoms. The van der Waals surface area contributed by atoms with Crippen molar-refractivity contribution in [2.75, 3.05) is 0 Å². The number of hydrogen-bond acceptors (Lipinski definition) is 4. The number of aromatic hydroxyl groups is 1. The highest BCUT2D eigenvalue weighted by Crippen LogP contribution is 2.49. The number of nitrogens with two attached hydrogens (primary N) is 1. The molecule has 0 bridgehead atoms. The molecule has 1 heterocycles. The van der Waals surface area contributed by atoms with E-state index in [9.17, 15) is 32.3 Å². The van der Waals surface area contributed by atoms with Gasteiger partial charge in [0.1, 0.15) is 22.8 Å². The summed E-state index contributed by atoms with van der Waals surface area (Å²) < 4.78 is 53.6. The number of primary amides is 1. The number of amides is 2. The Hall–Kier alpha value is -2.69. The van der Waals surface area contributed by atoms with Crippen molar-refractivity contribution in [1.82, 2.24) is 10.3 Å². The van der Waals surface area contributed by atoms with E-state index >= 15 is 0 Å². The number of nitrogens with zero attached hydrogens (tertiary/aromatic N) is 1. The van der Waals surface area contributed by atoms with E-state index in [1.807, 2.05) is 5.32 Å². The second-order valence-corrected chi connectivity index (χ2v) is 7.52. The SMILES string of the molecule is NC(=O)C(c1ccnc(C(=O)NC2(C(F)(F)F)CC2)c1)c1cc(O)c(Br)cc1F. The number of nitrogens with one attached hydrogen (secondary N) is 1. The van der Waals surface area contributed by atoms with E-state index in [4.69, 9.17) is 5.73 Å². The summed E-state index contributed by atoms with van der Waals surface area (Å²) in [6.45, 7) is 0. The van der Waals surface area contributed by atoms with Gasteiger partial charge in [0.2, 0.25) is 5.91 Å². The second kappa shape index (κ2) is 7.29. The molecule has 1 atom stereocenters. The fourth-order valence-electron chi connectivity index (χ4n) is 2.91. The third-order valence-electron chi connectivity index (χ3n) is 4.66. The summed E-state index contributed by atoms with van der Waals surface area (Å²) in [5, 5.41) is 11.7. The Morgan fingerprint density at radius 1 is 1.28 bits per heavy atom. The number of hydrogen-bond donors (Lipinski definition) is 3. The van der Waals surface area contributed by atoms with Crippen molar-refractivity contribution in [2.45, 2.75) is 30.5 Å². The van der Waals surface area contributed by atoms with Crippen molar-refractivity contribution in [1.29, 1.82) is 0 Å². The van der Waals surface area contributed by atoms with E-state index in [0.717, 1.165) is 24.4 Å². The molecule has 1 saturated carbocycles. The van der Waals surface area contributed by atoms with Crippen molar-refractivity contribution in [3.05, 3.63) is 57.6 Å². The molecular formula is C18H14BrF4N3O3. The first-order valence-corrected chi connectivity index (χ1v) is 9.07. The summed E-state index contributed by atoms with van der Waals surface area (Å²) >= 11 is 2.94. The lowest BCUT2D eigenvalue weighted by Crippen LogP contribution is -2.48. The second-order valence-electron chi connectivity index (χ2n) is 6.67. The van der Waals surface area contributed by atoms with E-state index < -0.39 is 35.3 Å². The standard InChI is InChI=1S/C18H14BrF4N3O3/c19-10-7-11(20)9(6-13(10)27)14(15(24)28)8-1-4-25-12(5-8)16(29)26-17(2-3-17)18(21,22)23/h1,4-7,14,27H,2-3H2,(H2,24,28)(H,26,29). The fraction of sp³-hybridized carbons (Fsp3) is 0.278. The Labute approximate surface area is 170 Å². The molecule has 3 rings (SSSR count). The van der Waals surface area contributed by atoms with Gasteiger partial charge in [-0.25, -0.2) is 4.39 Å². The number of aromatic nitrogens is 1. The summed E-state index contributed by atoms with van der Waals surface area (Å²) in [7, 11) is 0. The van der Waals surface area contributed by atoms with E-state index in [1.165, 1.54) is 6.07 Å². The first-order chi connectivity index (χ1) is 13.4. The Balaban J connectivity index is 1.96. The monoisotopic (exact) mass is 475 g/mol. The van der Waals surface area contributed by atoms with Crippen LogP contribution >= 0.6 is 15.9 Å². The van der Waals surface area contributed by atoms with Crippen LogP contribution in [0.2, 0.25) is 0 Å². The summed E-state index contributed by atoms with van der Waals surface area (Å²) in [6.07, 6.45) is -3.98. The molecular weight excluding hydrogens is 462 g/mol. The van der Waals surface area contributed by atoms with Gasteiger partial charge in [-0.2, -0.15) is 13.2 Å². The minimum absolute atomic E-state index is 0.0372. The van der Waals surface area contributed by atoms with Crippen LogP contribution in [0.4, 0.5) is 17.6 Å². The minimum atomic E-state index is -4.60. The van der Waals surface area contributed by atoms with Crippen molar-refractivity contribution in [3.63, 3.8) is 0 Å². The molecule has 0 aliphatic heterocycles. The van der Waals surface area contributed by atoms with Crippen LogP contribution in [0, 0.1) is 5.82 Å². The van der Waals surface area contributed by atoms with Gasteiger partial charge >= 0.3 is 6.18 Å². The fourth-order valence-corrected chi connectivity index (χ4v) is 3.22. The van der Waals surface area contributed by atoms with Crippen LogP contribution in [0.3, 0.4) is 0 Å². The zero-order chi connectivity index (χ0) is 21.6. The number of benzene rings is 1. The number of phenolic OH excluding ortho intramolecular Hbond substituents is 1. The average Bonchev–Trinajstić information content (AvgIpc) is 3.40. The van der Waals surface area contributed by atoms with E-state index in [-0.39, 0.29) is 39.9 Å². The molecule has 1 aliphatic carbocycles. The number of phenols is 1. The highest BCUT2D eigenvalue weighted by Gasteiger charge is 2.64. The maximum atomic E-state index is 14.4. The normalized spacial score (nSPS) is 16.2. The van der Waals surface area contributed by atoms with Gasteiger partial charge in [0, 0.05) is 11.8 Å². The van der Waals surface area contributed by atoms with Gasteiger partial charge in [-0.15, -0.1) is 0 Å². The Morgan fingerprint density at radius 2 is 1.93 bits per heavy atom. The summed E-state index contributed by atoms with van der Waals surface area (Å²) in [5.74, 6) is -4.67. The van der Waals surface area contributed by atoms with Gasteiger partial charge < -0.3 is 16.2 Å². The van der Waals surface area contributed by atoms with Crippen LogP contribution in [0.15, 0.2) is 34.9 Å². The van der Waals surface area contributed by atoms with Gasteiger partial charge in [-0.3, -0.25) is 14.6 Å². The van der Waals surface area contributed by atoms with Crippen LogP contribution in [-0.4, -0.2) is 33.6 Å². The maximum absolute atomic E-state index is 14.4. The first kappa shape index (κ1) is 21.0. The number of pyridine rings is 1. The van der Waals surface area contributed by atoms with Crippen molar-refractivity contribution >= 4 is 27.7 Å². The summed E-state index contributed by atoms with van der Waals surface area (Å²) in [4.78, 5) is 28.0. The first-order valence-electron chi connectivity index (χ1n) is 8.27. The van der Waals surface area contributed by atoms with Crippen LogP contribution in [0.25, 0.3) is 0 Å². The van der Waals surface area contributed by atoms with Crippen molar-refractivity contribution in [3.8, 4) is 5.75 Å². The molecule has 4 N–H and O–H groups in total. The quantitative estimate of drug-likeness (QED) is 0.577. The minimum Gasteiger partial charge on any atom is -0.507 e. The highest BCUT2D eigenvalue weighted by atomic mass is 79.9. The van der Waals surface area contributed by atoms with E-state index in [2.05, 4.69) is 20.9 Å². The van der Waals surface area contributed by atoms with Crippen LogP contribution in [0.1, 0.15) is 40.4 Å². The maximum Gasteiger partial charge on any atom is 0.411 e. The predicted octanol–water partition coefficient (Wildman–Crippen LogP) is 3.13. The molecule has 154 valence electrons. The van der Waals surface area contributed by atoms with E-state index in [1.54, 1.807) is 0 Å². The Kier molecular flexibility index (Phi) is 5.28. The number of rotatable bonds is 5. The molecule has 1 fully saturated rings. The molecule has 1 aromatic carbocycles. The zero-order valence-corrected chi connectivity index (χ0v) is 16.1. The largest absolute Gasteiger partial charge is 0.507 e. The molecule has 1 aromatic heterocycles. The highest BCUT2D eigenvalue weighted by molar-refractivity contribution is 9.10. The van der Waals surface area contributed by atoms with Crippen LogP contribution in [0.5, 0.6) is 5.75 Å². The lowest BCUT2D eigenvalue weighted by molar-refractivity contribution is -0.163. The molecule has 1 aliphatic rings. The number of alkyl halides is 3. The summed E-state index contributed by atoms with van der Waals surface area (Å²) in [6, 6.07) is 4.28. The number of carbonyl (C=O) groups excluding carboxylic acids is 2. The third-order valence-corrected chi connectivity index (χ3v) is 5.29. The Bertz CT molecular complexity index is 993. The van der Waals surface area contributed by atoms with Gasteiger partial charge in [-0.1, -0.05) is 0 Å². The molecule has 0 radical (unpaired) electrons. The van der Waals surface area contributed by atoms with Crippen molar-refractivity contribution in [2.24, 2.45) is 5.73 Å². The lowest BCUT2D eigenvalue weighted by Gasteiger charge is -2.21. The van der Waals surface area contributed by atoms with Crippen LogP contribution in [-0.2, 0) is 4.79 Å². The Morgan fingerprint density at radius 3 is 2.48 bits per heavy atom. The molecule has 2 amide bonds. The predicted molar refractivity (Wildman–Crippen MR) is 96.5 cm³/mol. The van der Waals surface area contributed by atoms with Gasteiger partial charge in [0.25, 0.3) is 5.91 Å². The molecule has 0 saturated heterocycles. The molecule has 1 unspecified atom stereocenters. The average molecular weight is 476 g/mol. The molecule has 2 aromatic rings. The smallest absolute Gasteiger partial charge is 0.411 e. The lowest BCUT2D eigenvalue weighted by atomic mass is 9.90. The molecule has 29 heavy (non-hydrogen) atoms. The molecule has 6 nitrogen and oxygen atoms in total. The number of carbonyl (C=O) groups is 2. The third kappa shape index (κ3) is 4.04. The van der Waals surface area contributed by atoms with Gasteiger partial charge in [-0.05, 0) is 58.6 Å². The topological polar surface area (TPSA) is 105 Å². The molecule has 11 heteroatoms. The number of halogens is 5. The summed E-state index contributed by atoms with van der Waals surface area (Å²) in [5.41, 5.74) is 2.50. The zero-order valence-electron chi connectivity index (χ0n) is 14.6. The van der Waals surface area contributed by atoms with Gasteiger partial charge in [0.15, 0.2) is 0 Å². The van der Waals surface area contributed by atoms with Crippen molar-refractivity contribution < 1.29 is 32.3 Å². The van der Waals surface area contributed by atoms with E-state index in [0.29, 0.717) is 0 Å².